The van der Waals surface area contributed by atoms with Gasteiger partial charge in [-0.05, 0) is 42.7 Å². The summed E-state index contributed by atoms with van der Waals surface area (Å²) in [5, 5.41) is 5.52. The lowest BCUT2D eigenvalue weighted by Gasteiger charge is -2.07. The Morgan fingerprint density at radius 2 is 1.79 bits per heavy atom. The van der Waals surface area contributed by atoms with Crippen LogP contribution in [0.1, 0.15) is 34.3 Å². The highest BCUT2D eigenvalue weighted by Gasteiger charge is 2.06. The second-order valence-electron chi connectivity index (χ2n) is 5.59. The van der Waals surface area contributed by atoms with Gasteiger partial charge in [-0.15, -0.1) is 0 Å². The van der Waals surface area contributed by atoms with Gasteiger partial charge in [0.05, 0.1) is 0 Å². The number of hydrogen-bond acceptors (Lipinski definition) is 2. The number of amides is 2. The molecule has 0 unspecified atom stereocenters. The van der Waals surface area contributed by atoms with E-state index in [1.807, 2.05) is 6.07 Å². The van der Waals surface area contributed by atoms with Gasteiger partial charge in [0.15, 0.2) is 0 Å². The van der Waals surface area contributed by atoms with E-state index >= 15 is 0 Å². The topological polar surface area (TPSA) is 58.2 Å². The normalized spacial score (nSPS) is 10.2. The number of rotatable bonds is 7. The van der Waals surface area contributed by atoms with Gasteiger partial charge >= 0.3 is 0 Å². The van der Waals surface area contributed by atoms with Crippen LogP contribution in [0.5, 0.6) is 0 Å². The van der Waals surface area contributed by atoms with Gasteiger partial charge < -0.3 is 10.6 Å². The fourth-order valence-electron chi connectivity index (χ4n) is 2.18. The minimum absolute atomic E-state index is 0.120. The maximum atomic E-state index is 13.4. The van der Waals surface area contributed by atoms with Crippen molar-refractivity contribution in [3.8, 4) is 0 Å². The molecule has 0 spiro atoms. The first-order chi connectivity index (χ1) is 11.6. The van der Waals surface area contributed by atoms with Crippen LogP contribution in [0, 0.1) is 12.7 Å². The zero-order chi connectivity index (χ0) is 17.4. The zero-order valence-corrected chi connectivity index (χ0v) is 13.6. The van der Waals surface area contributed by atoms with Crippen molar-refractivity contribution in [2.45, 2.75) is 26.3 Å². The van der Waals surface area contributed by atoms with Gasteiger partial charge in [0.1, 0.15) is 5.82 Å². The molecule has 0 atom stereocenters. The van der Waals surface area contributed by atoms with E-state index in [1.165, 1.54) is 6.07 Å². The summed E-state index contributed by atoms with van der Waals surface area (Å²) in [7, 11) is 0. The molecule has 126 valence electrons. The summed E-state index contributed by atoms with van der Waals surface area (Å²) >= 11 is 0. The molecule has 0 saturated carbocycles. The minimum atomic E-state index is -0.273. The Bertz CT molecular complexity index is 702. The Labute approximate surface area is 141 Å². The largest absolute Gasteiger partial charge is 0.352 e. The van der Waals surface area contributed by atoms with Crippen LogP contribution >= 0.6 is 0 Å². The summed E-state index contributed by atoms with van der Waals surface area (Å²) in [5.74, 6) is -0.540. The number of carbonyl (C=O) groups is 2. The summed E-state index contributed by atoms with van der Waals surface area (Å²) in [5.41, 5.74) is 1.91. The summed E-state index contributed by atoms with van der Waals surface area (Å²) in [6.45, 7) is 2.42. The van der Waals surface area contributed by atoms with Crippen LogP contribution in [0.15, 0.2) is 48.5 Å². The van der Waals surface area contributed by atoms with E-state index in [1.54, 1.807) is 43.3 Å². The molecule has 2 N–H and O–H groups in total. The lowest BCUT2D eigenvalue weighted by Crippen LogP contribution is -2.27. The molecule has 0 radical (unpaired) electrons. The molecule has 0 aliphatic heterocycles. The average Bonchev–Trinajstić information content (AvgIpc) is 2.60. The van der Waals surface area contributed by atoms with E-state index in [9.17, 15) is 14.0 Å². The van der Waals surface area contributed by atoms with Crippen LogP contribution < -0.4 is 10.6 Å². The highest BCUT2D eigenvalue weighted by atomic mass is 19.1. The number of nitrogens with one attached hydrogen (secondary N) is 2. The fraction of sp³-hybridized carbons (Fsp3) is 0.263. The van der Waals surface area contributed by atoms with E-state index in [-0.39, 0.29) is 17.6 Å². The average molecular weight is 328 g/mol. The van der Waals surface area contributed by atoms with Crippen molar-refractivity contribution in [1.29, 1.82) is 0 Å². The molecule has 0 bridgehead atoms. The third kappa shape index (κ3) is 5.50. The van der Waals surface area contributed by atoms with E-state index in [0.717, 1.165) is 5.56 Å². The van der Waals surface area contributed by atoms with Gasteiger partial charge in [-0.25, -0.2) is 4.39 Å². The summed E-state index contributed by atoms with van der Waals surface area (Å²) < 4.78 is 13.4. The quantitative estimate of drug-likeness (QED) is 0.768. The number of aryl methyl sites for hydroxylation is 1. The lowest BCUT2D eigenvalue weighted by atomic mass is 10.1. The Hall–Kier alpha value is -2.69. The Morgan fingerprint density at radius 1 is 1.04 bits per heavy atom. The maximum absolute atomic E-state index is 13.4. The molecule has 2 rings (SSSR count). The minimum Gasteiger partial charge on any atom is -0.352 e. The molecule has 2 aromatic carbocycles. The third-order valence-corrected chi connectivity index (χ3v) is 3.63. The number of benzene rings is 2. The molecule has 5 heteroatoms. The van der Waals surface area contributed by atoms with Crippen LogP contribution in [-0.2, 0) is 11.3 Å². The van der Waals surface area contributed by atoms with Gasteiger partial charge in [0, 0.05) is 25.1 Å². The highest BCUT2D eigenvalue weighted by molar-refractivity contribution is 5.94. The van der Waals surface area contributed by atoms with Crippen molar-refractivity contribution >= 4 is 11.8 Å². The van der Waals surface area contributed by atoms with Crippen LogP contribution in [-0.4, -0.2) is 18.4 Å². The molecule has 2 aromatic rings. The molecule has 2 amide bonds. The fourth-order valence-corrected chi connectivity index (χ4v) is 2.18. The molecule has 4 nitrogen and oxygen atoms in total. The molecule has 0 aromatic heterocycles. The predicted octanol–water partition coefficient (Wildman–Crippen LogP) is 2.96. The molecular formula is C19H21FN2O2. The van der Waals surface area contributed by atoms with Crippen molar-refractivity contribution in [2.24, 2.45) is 0 Å². The SMILES string of the molecule is Cc1ccc(CNC(=O)CCCNC(=O)c2ccccc2)cc1F. The van der Waals surface area contributed by atoms with E-state index in [0.29, 0.717) is 37.1 Å². The Morgan fingerprint density at radius 3 is 2.50 bits per heavy atom. The Balaban J connectivity index is 1.64. The second-order valence-corrected chi connectivity index (χ2v) is 5.59. The number of halogens is 1. The van der Waals surface area contributed by atoms with Crippen molar-refractivity contribution in [2.75, 3.05) is 6.54 Å². The van der Waals surface area contributed by atoms with E-state index in [4.69, 9.17) is 0 Å². The first kappa shape index (κ1) is 17.7. The molecule has 0 fully saturated rings. The lowest BCUT2D eigenvalue weighted by molar-refractivity contribution is -0.121. The van der Waals surface area contributed by atoms with Crippen LogP contribution in [0.4, 0.5) is 4.39 Å². The van der Waals surface area contributed by atoms with Crippen LogP contribution in [0.3, 0.4) is 0 Å². The maximum Gasteiger partial charge on any atom is 0.251 e. The van der Waals surface area contributed by atoms with Gasteiger partial charge in [-0.3, -0.25) is 9.59 Å². The first-order valence-corrected chi connectivity index (χ1v) is 7.91. The van der Waals surface area contributed by atoms with Crippen LogP contribution in [0.2, 0.25) is 0 Å². The van der Waals surface area contributed by atoms with Crippen molar-refractivity contribution in [3.63, 3.8) is 0 Å². The summed E-state index contributed by atoms with van der Waals surface area (Å²) in [6, 6.07) is 13.8. The van der Waals surface area contributed by atoms with Crippen LogP contribution in [0.25, 0.3) is 0 Å². The van der Waals surface area contributed by atoms with Crippen molar-refractivity contribution < 1.29 is 14.0 Å². The number of hydrogen-bond donors (Lipinski definition) is 2. The zero-order valence-electron chi connectivity index (χ0n) is 13.6. The smallest absolute Gasteiger partial charge is 0.251 e. The molecule has 0 aliphatic carbocycles. The third-order valence-electron chi connectivity index (χ3n) is 3.63. The first-order valence-electron chi connectivity index (χ1n) is 7.91. The monoisotopic (exact) mass is 328 g/mol. The molecule has 0 heterocycles. The van der Waals surface area contributed by atoms with Gasteiger partial charge in [0.25, 0.3) is 5.91 Å². The van der Waals surface area contributed by atoms with Crippen molar-refractivity contribution in [1.82, 2.24) is 10.6 Å². The predicted molar refractivity (Wildman–Crippen MR) is 91.0 cm³/mol. The molecule has 0 saturated heterocycles. The van der Waals surface area contributed by atoms with E-state index in [2.05, 4.69) is 10.6 Å². The Kier molecular flexibility index (Phi) is 6.49. The molecular weight excluding hydrogens is 307 g/mol. The van der Waals surface area contributed by atoms with Gasteiger partial charge in [-0.1, -0.05) is 30.3 Å². The highest BCUT2D eigenvalue weighted by Crippen LogP contribution is 2.09. The number of carbonyl (C=O) groups excluding carboxylic acids is 2. The second kappa shape index (κ2) is 8.82. The summed E-state index contributed by atoms with van der Waals surface area (Å²) in [4.78, 5) is 23.6. The van der Waals surface area contributed by atoms with Gasteiger partial charge in [0.2, 0.25) is 5.91 Å². The standard InChI is InChI=1S/C19H21FN2O2/c1-14-9-10-15(12-17(14)20)13-22-18(23)8-5-11-21-19(24)16-6-3-2-4-7-16/h2-4,6-7,9-10,12H,5,8,11,13H2,1H3,(H,21,24)(H,22,23). The van der Waals surface area contributed by atoms with Gasteiger partial charge in [-0.2, -0.15) is 0 Å². The molecule has 24 heavy (non-hydrogen) atoms. The van der Waals surface area contributed by atoms with E-state index < -0.39 is 0 Å². The van der Waals surface area contributed by atoms with Crippen molar-refractivity contribution in [3.05, 3.63) is 71.0 Å². The summed E-state index contributed by atoms with van der Waals surface area (Å²) in [6.07, 6.45) is 0.857. The molecule has 0 aliphatic rings.